The van der Waals surface area contributed by atoms with Crippen LogP contribution in [0.25, 0.3) is 10.2 Å². The van der Waals surface area contributed by atoms with Crippen LogP contribution in [0.2, 0.25) is 5.02 Å². The zero-order valence-corrected chi connectivity index (χ0v) is 18.1. The fraction of sp³-hybridized carbons (Fsp3) is 0.381. The summed E-state index contributed by atoms with van der Waals surface area (Å²) in [7, 11) is 0. The van der Waals surface area contributed by atoms with Gasteiger partial charge in [0.05, 0.1) is 10.4 Å². The lowest BCUT2D eigenvalue weighted by molar-refractivity contribution is 0.137. The van der Waals surface area contributed by atoms with E-state index in [1.54, 1.807) is 23.5 Å². The molecule has 0 atom stereocenters. The maximum absolute atomic E-state index is 13.1. The number of nitrogens with one attached hydrogen (secondary N) is 1. The molecule has 0 saturated heterocycles. The number of benzene rings is 1. The van der Waals surface area contributed by atoms with Gasteiger partial charge in [0, 0.05) is 17.3 Å². The molecule has 2 aromatic heterocycles. The van der Waals surface area contributed by atoms with Crippen LogP contribution in [0.1, 0.15) is 54.3 Å². The topological polar surface area (TPSA) is 95.3 Å². The van der Waals surface area contributed by atoms with Gasteiger partial charge >= 0.3 is 6.16 Å². The minimum Gasteiger partial charge on any atom is -0.450 e. The number of halogens is 2. The third-order valence-electron chi connectivity index (χ3n) is 5.02. The van der Waals surface area contributed by atoms with Gasteiger partial charge in [-0.3, -0.25) is 0 Å². The SMILES string of the molecule is Cc1sc2nc(C3CCCCC3)nc(NCc3ccc(F)cc3)c2c1Cl.O=C(O)O. The lowest BCUT2D eigenvalue weighted by atomic mass is 9.88. The molecular weight excluding hydrogens is 429 g/mol. The molecule has 1 saturated carbocycles. The molecule has 0 bridgehead atoms. The molecule has 4 rings (SSSR count). The Morgan fingerprint density at radius 1 is 1.20 bits per heavy atom. The molecular formula is C21H23ClFN3O3S. The van der Waals surface area contributed by atoms with E-state index in [0.717, 1.165) is 50.2 Å². The highest BCUT2D eigenvalue weighted by Gasteiger charge is 2.22. The van der Waals surface area contributed by atoms with Gasteiger partial charge in [0.15, 0.2) is 0 Å². The Bertz CT molecular complexity index is 1020. The highest BCUT2D eigenvalue weighted by atomic mass is 35.5. The van der Waals surface area contributed by atoms with Gasteiger partial charge in [-0.15, -0.1) is 11.3 Å². The number of anilines is 1. The lowest BCUT2D eigenvalue weighted by Gasteiger charge is -2.21. The number of fused-ring (bicyclic) bond motifs is 1. The Labute approximate surface area is 182 Å². The molecule has 0 amide bonds. The minimum atomic E-state index is -1.83. The van der Waals surface area contributed by atoms with Crippen LogP contribution in [-0.4, -0.2) is 26.3 Å². The molecule has 3 aromatic rings. The Morgan fingerprint density at radius 3 is 2.47 bits per heavy atom. The summed E-state index contributed by atoms with van der Waals surface area (Å²) in [5.41, 5.74) is 1.00. The van der Waals surface area contributed by atoms with E-state index >= 15 is 0 Å². The molecule has 0 spiro atoms. The Hall–Kier alpha value is -2.45. The monoisotopic (exact) mass is 451 g/mol. The van der Waals surface area contributed by atoms with Crippen LogP contribution in [0.4, 0.5) is 15.0 Å². The van der Waals surface area contributed by atoms with E-state index in [1.807, 2.05) is 6.92 Å². The summed E-state index contributed by atoms with van der Waals surface area (Å²) in [6.45, 7) is 2.58. The van der Waals surface area contributed by atoms with E-state index in [-0.39, 0.29) is 5.82 Å². The van der Waals surface area contributed by atoms with Crippen molar-refractivity contribution in [1.82, 2.24) is 9.97 Å². The van der Waals surface area contributed by atoms with Crippen molar-refractivity contribution < 1.29 is 19.4 Å². The zero-order valence-electron chi connectivity index (χ0n) is 16.5. The number of rotatable bonds is 4. The lowest BCUT2D eigenvalue weighted by Crippen LogP contribution is -2.11. The highest BCUT2D eigenvalue weighted by Crippen LogP contribution is 2.40. The van der Waals surface area contributed by atoms with E-state index in [9.17, 15) is 4.39 Å². The molecule has 1 aliphatic carbocycles. The summed E-state index contributed by atoms with van der Waals surface area (Å²) in [6.07, 6.45) is 4.27. The Morgan fingerprint density at radius 2 is 1.83 bits per heavy atom. The van der Waals surface area contributed by atoms with Crippen LogP contribution in [0.3, 0.4) is 0 Å². The Balaban J connectivity index is 0.000000589. The highest BCUT2D eigenvalue weighted by molar-refractivity contribution is 7.19. The molecule has 0 radical (unpaired) electrons. The van der Waals surface area contributed by atoms with Gasteiger partial charge in [-0.1, -0.05) is 43.0 Å². The van der Waals surface area contributed by atoms with Gasteiger partial charge in [0.25, 0.3) is 0 Å². The number of thiophene rings is 1. The summed E-state index contributed by atoms with van der Waals surface area (Å²) in [4.78, 5) is 20.3. The first kappa shape index (κ1) is 22.2. The van der Waals surface area contributed by atoms with Crippen LogP contribution >= 0.6 is 22.9 Å². The predicted molar refractivity (Wildman–Crippen MR) is 117 cm³/mol. The first-order valence-corrected chi connectivity index (χ1v) is 10.9. The van der Waals surface area contributed by atoms with Crippen molar-refractivity contribution in [3.05, 3.63) is 51.4 Å². The van der Waals surface area contributed by atoms with E-state index in [4.69, 9.17) is 36.6 Å². The van der Waals surface area contributed by atoms with E-state index in [0.29, 0.717) is 12.5 Å². The molecule has 9 heteroatoms. The van der Waals surface area contributed by atoms with Crippen molar-refractivity contribution in [3.8, 4) is 0 Å². The third kappa shape index (κ3) is 5.58. The predicted octanol–water partition coefficient (Wildman–Crippen LogP) is 6.67. The smallest absolute Gasteiger partial charge is 0.450 e. The molecule has 2 heterocycles. The summed E-state index contributed by atoms with van der Waals surface area (Å²) >= 11 is 8.15. The molecule has 160 valence electrons. The van der Waals surface area contributed by atoms with Crippen LogP contribution in [-0.2, 0) is 6.54 Å². The van der Waals surface area contributed by atoms with Crippen molar-refractivity contribution in [2.75, 3.05) is 5.32 Å². The van der Waals surface area contributed by atoms with Crippen LogP contribution in [0.15, 0.2) is 24.3 Å². The molecule has 3 N–H and O–H groups in total. The number of carboxylic acid groups (broad SMARTS) is 2. The minimum absolute atomic E-state index is 0.228. The van der Waals surface area contributed by atoms with Gasteiger partial charge in [0.1, 0.15) is 22.3 Å². The molecule has 30 heavy (non-hydrogen) atoms. The van der Waals surface area contributed by atoms with E-state index in [1.165, 1.54) is 31.4 Å². The number of hydrogen-bond donors (Lipinski definition) is 3. The van der Waals surface area contributed by atoms with Crippen molar-refractivity contribution in [1.29, 1.82) is 0 Å². The van der Waals surface area contributed by atoms with Crippen LogP contribution in [0.5, 0.6) is 0 Å². The standard InChI is InChI=1S/C20H21ClFN3S.CH2O3/c1-12-17(21)16-19(23-11-13-7-9-15(22)10-8-13)24-18(25-20(16)26-12)14-5-3-2-4-6-14;2-1(3)4/h7-10,14H,2-6,11H2,1H3,(H,23,24,25);(H2,2,3,4). The van der Waals surface area contributed by atoms with Gasteiger partial charge in [-0.05, 0) is 37.5 Å². The number of hydrogen-bond acceptors (Lipinski definition) is 5. The largest absolute Gasteiger partial charge is 0.503 e. The van der Waals surface area contributed by atoms with Crippen molar-refractivity contribution in [2.45, 2.75) is 51.5 Å². The van der Waals surface area contributed by atoms with Crippen molar-refractivity contribution >= 4 is 45.1 Å². The zero-order chi connectivity index (χ0) is 21.7. The summed E-state index contributed by atoms with van der Waals surface area (Å²) < 4.78 is 13.1. The second kappa shape index (κ2) is 10.0. The quantitative estimate of drug-likeness (QED) is 0.409. The molecule has 1 aromatic carbocycles. The normalized spacial score (nSPS) is 14.2. The fourth-order valence-corrected chi connectivity index (χ4v) is 4.83. The fourth-order valence-electron chi connectivity index (χ4n) is 3.55. The first-order valence-electron chi connectivity index (χ1n) is 9.72. The third-order valence-corrected chi connectivity index (χ3v) is 6.60. The van der Waals surface area contributed by atoms with E-state index < -0.39 is 6.16 Å². The first-order chi connectivity index (χ1) is 14.3. The van der Waals surface area contributed by atoms with E-state index in [2.05, 4.69) is 5.32 Å². The number of nitrogens with zero attached hydrogens (tertiary/aromatic N) is 2. The van der Waals surface area contributed by atoms with Crippen molar-refractivity contribution in [2.24, 2.45) is 0 Å². The molecule has 0 aliphatic heterocycles. The number of carbonyl (C=O) groups is 1. The van der Waals surface area contributed by atoms with Gasteiger partial charge in [-0.2, -0.15) is 0 Å². The summed E-state index contributed by atoms with van der Waals surface area (Å²) in [5, 5.41) is 19.0. The van der Waals surface area contributed by atoms with Gasteiger partial charge in [-0.25, -0.2) is 19.2 Å². The second-order valence-electron chi connectivity index (χ2n) is 7.18. The van der Waals surface area contributed by atoms with Crippen LogP contribution in [0, 0.1) is 12.7 Å². The van der Waals surface area contributed by atoms with Gasteiger partial charge in [0.2, 0.25) is 0 Å². The number of aromatic nitrogens is 2. The maximum atomic E-state index is 13.1. The van der Waals surface area contributed by atoms with Crippen LogP contribution < -0.4 is 5.32 Å². The summed E-state index contributed by atoms with van der Waals surface area (Å²) in [6, 6.07) is 6.51. The average Bonchev–Trinajstić information content (AvgIpc) is 3.01. The average molecular weight is 452 g/mol. The molecule has 1 aliphatic rings. The van der Waals surface area contributed by atoms with Crippen molar-refractivity contribution in [3.63, 3.8) is 0 Å². The maximum Gasteiger partial charge on any atom is 0.503 e. The van der Waals surface area contributed by atoms with Gasteiger partial charge < -0.3 is 15.5 Å². The second-order valence-corrected chi connectivity index (χ2v) is 8.76. The molecule has 6 nitrogen and oxygen atoms in total. The Kier molecular flexibility index (Phi) is 7.44. The molecule has 1 fully saturated rings. The number of aryl methyl sites for hydroxylation is 1. The summed E-state index contributed by atoms with van der Waals surface area (Å²) in [5.74, 6) is 1.92. The molecule has 0 unspecified atom stereocenters.